The molecule has 0 saturated carbocycles. The lowest BCUT2D eigenvalue weighted by Crippen LogP contribution is -2.43. The van der Waals surface area contributed by atoms with Crippen LogP contribution in [0.4, 0.5) is 4.79 Å². The average molecular weight is 426 g/mol. The number of aromatic hydroxyl groups is 1. The first-order chi connectivity index (χ1) is 14.3. The Hall–Kier alpha value is -2.03. The van der Waals surface area contributed by atoms with Gasteiger partial charge in [0.1, 0.15) is 23.7 Å². The third-order valence-electron chi connectivity index (χ3n) is 4.36. The highest BCUT2D eigenvalue weighted by Gasteiger charge is 2.27. The summed E-state index contributed by atoms with van der Waals surface area (Å²) in [6.07, 6.45) is 1.51. The molecule has 0 unspecified atom stereocenters. The standard InChI is InChI=1S/C22H35NO7/c1-22(2,3)30-21(25)23-9-7-19(8-10-23)28-15-13-26-11-12-27-14-16-29-20-6-4-5-18(24)17-20/h4-6,17,19,24H,7-16H2,1-3H3. The Morgan fingerprint density at radius 1 is 1.03 bits per heavy atom. The smallest absolute Gasteiger partial charge is 0.410 e. The molecule has 8 nitrogen and oxygen atoms in total. The number of carbonyl (C=O) groups is 1. The molecule has 0 radical (unpaired) electrons. The molecule has 1 heterocycles. The van der Waals surface area contributed by atoms with Crippen molar-refractivity contribution in [3.8, 4) is 11.5 Å². The highest BCUT2D eigenvalue weighted by molar-refractivity contribution is 5.68. The van der Waals surface area contributed by atoms with Crippen molar-refractivity contribution < 1.29 is 33.6 Å². The normalized spacial score (nSPS) is 15.2. The van der Waals surface area contributed by atoms with Gasteiger partial charge in [0.25, 0.3) is 0 Å². The van der Waals surface area contributed by atoms with Crippen LogP contribution in [-0.2, 0) is 18.9 Å². The number of benzene rings is 1. The number of carbonyl (C=O) groups excluding carboxylic acids is 1. The van der Waals surface area contributed by atoms with E-state index in [9.17, 15) is 9.90 Å². The van der Waals surface area contributed by atoms with Crippen LogP contribution in [0.1, 0.15) is 33.6 Å². The van der Waals surface area contributed by atoms with Crippen LogP contribution in [0.15, 0.2) is 24.3 Å². The highest BCUT2D eigenvalue weighted by Crippen LogP contribution is 2.18. The van der Waals surface area contributed by atoms with Crippen molar-refractivity contribution in [3.63, 3.8) is 0 Å². The molecule has 30 heavy (non-hydrogen) atoms. The Kier molecular flexibility index (Phi) is 10.2. The summed E-state index contributed by atoms with van der Waals surface area (Å²) in [6.45, 7) is 9.79. The molecule has 2 rings (SSSR count). The number of ether oxygens (including phenoxy) is 5. The molecule has 1 aliphatic rings. The fourth-order valence-electron chi connectivity index (χ4n) is 2.92. The van der Waals surface area contributed by atoms with Crippen molar-refractivity contribution in [1.29, 1.82) is 0 Å². The molecule has 1 saturated heterocycles. The van der Waals surface area contributed by atoms with Gasteiger partial charge in [0.2, 0.25) is 0 Å². The van der Waals surface area contributed by atoms with E-state index in [0.717, 1.165) is 12.8 Å². The van der Waals surface area contributed by atoms with E-state index in [1.807, 2.05) is 20.8 Å². The zero-order valence-electron chi connectivity index (χ0n) is 18.3. The van der Waals surface area contributed by atoms with Gasteiger partial charge in [-0.2, -0.15) is 0 Å². The lowest BCUT2D eigenvalue weighted by Gasteiger charge is -2.33. The van der Waals surface area contributed by atoms with Gasteiger partial charge in [0.15, 0.2) is 0 Å². The van der Waals surface area contributed by atoms with E-state index < -0.39 is 5.60 Å². The summed E-state index contributed by atoms with van der Waals surface area (Å²) < 4.78 is 27.7. The summed E-state index contributed by atoms with van der Waals surface area (Å²) in [5, 5.41) is 9.35. The van der Waals surface area contributed by atoms with Gasteiger partial charge >= 0.3 is 6.09 Å². The van der Waals surface area contributed by atoms with E-state index in [2.05, 4.69) is 0 Å². The Bertz CT molecular complexity index is 624. The van der Waals surface area contributed by atoms with Crippen molar-refractivity contribution in [3.05, 3.63) is 24.3 Å². The first-order valence-corrected chi connectivity index (χ1v) is 10.5. The van der Waals surface area contributed by atoms with Gasteiger partial charge in [-0.15, -0.1) is 0 Å². The van der Waals surface area contributed by atoms with E-state index in [1.165, 1.54) is 0 Å². The summed E-state index contributed by atoms with van der Waals surface area (Å²) in [6, 6.07) is 6.66. The van der Waals surface area contributed by atoms with Gasteiger partial charge in [-0.3, -0.25) is 0 Å². The number of nitrogens with zero attached hydrogens (tertiary/aromatic N) is 1. The number of phenolic OH excluding ortho intramolecular Hbond substituents is 1. The highest BCUT2D eigenvalue weighted by atomic mass is 16.6. The molecule has 0 spiro atoms. The maximum absolute atomic E-state index is 12.0. The molecular formula is C22H35NO7. The molecule has 0 bridgehead atoms. The van der Waals surface area contributed by atoms with E-state index in [1.54, 1.807) is 29.2 Å². The third-order valence-corrected chi connectivity index (χ3v) is 4.36. The predicted octanol–water partition coefficient (Wildman–Crippen LogP) is 3.22. The van der Waals surface area contributed by atoms with Crippen LogP contribution < -0.4 is 4.74 Å². The molecule has 8 heteroatoms. The number of likely N-dealkylation sites (tertiary alicyclic amines) is 1. The Morgan fingerprint density at radius 2 is 1.67 bits per heavy atom. The summed E-state index contributed by atoms with van der Waals surface area (Å²) in [5.41, 5.74) is -0.468. The minimum atomic E-state index is -0.468. The molecular weight excluding hydrogens is 390 g/mol. The first kappa shape index (κ1) is 24.2. The minimum Gasteiger partial charge on any atom is -0.508 e. The molecule has 1 amide bonds. The van der Waals surface area contributed by atoms with Gasteiger partial charge in [0.05, 0.1) is 39.1 Å². The molecule has 170 valence electrons. The van der Waals surface area contributed by atoms with Gasteiger partial charge in [-0.1, -0.05) is 6.07 Å². The largest absolute Gasteiger partial charge is 0.508 e. The summed E-state index contributed by atoms with van der Waals surface area (Å²) in [7, 11) is 0. The van der Waals surface area contributed by atoms with E-state index in [-0.39, 0.29) is 17.9 Å². The third kappa shape index (κ3) is 10.1. The molecule has 1 aromatic rings. The van der Waals surface area contributed by atoms with Crippen LogP contribution in [-0.4, -0.2) is 80.5 Å². The van der Waals surface area contributed by atoms with Gasteiger partial charge in [-0.05, 0) is 45.7 Å². The van der Waals surface area contributed by atoms with Crippen LogP contribution in [0.25, 0.3) is 0 Å². The van der Waals surface area contributed by atoms with Gasteiger partial charge < -0.3 is 33.7 Å². The first-order valence-electron chi connectivity index (χ1n) is 10.5. The van der Waals surface area contributed by atoms with Crippen LogP contribution in [0, 0.1) is 0 Å². The topological polar surface area (TPSA) is 86.7 Å². The Labute approximate surface area is 179 Å². The molecule has 0 aromatic heterocycles. The number of hydrogen-bond acceptors (Lipinski definition) is 7. The van der Waals surface area contributed by atoms with Crippen LogP contribution in [0.3, 0.4) is 0 Å². The second-order valence-electron chi connectivity index (χ2n) is 8.11. The van der Waals surface area contributed by atoms with Crippen molar-refractivity contribution in [2.24, 2.45) is 0 Å². The molecule has 0 aliphatic carbocycles. The minimum absolute atomic E-state index is 0.151. The Balaban J connectivity index is 1.40. The predicted molar refractivity (Wildman–Crippen MR) is 112 cm³/mol. The summed E-state index contributed by atoms with van der Waals surface area (Å²) in [4.78, 5) is 13.8. The summed E-state index contributed by atoms with van der Waals surface area (Å²) >= 11 is 0. The molecule has 1 N–H and O–H groups in total. The molecule has 1 aromatic carbocycles. The second-order valence-corrected chi connectivity index (χ2v) is 8.11. The van der Waals surface area contributed by atoms with Crippen molar-refractivity contribution in [1.82, 2.24) is 4.90 Å². The maximum Gasteiger partial charge on any atom is 0.410 e. The van der Waals surface area contributed by atoms with E-state index >= 15 is 0 Å². The van der Waals surface area contributed by atoms with Crippen LogP contribution in [0.2, 0.25) is 0 Å². The van der Waals surface area contributed by atoms with Crippen molar-refractivity contribution in [2.75, 3.05) is 52.7 Å². The number of amides is 1. The summed E-state index contributed by atoms with van der Waals surface area (Å²) in [5.74, 6) is 0.793. The fraction of sp³-hybridized carbons (Fsp3) is 0.682. The zero-order chi connectivity index (χ0) is 21.8. The van der Waals surface area contributed by atoms with Gasteiger partial charge in [-0.25, -0.2) is 4.79 Å². The Morgan fingerprint density at radius 3 is 2.30 bits per heavy atom. The maximum atomic E-state index is 12.0. The van der Waals surface area contributed by atoms with E-state index in [4.69, 9.17) is 23.7 Å². The van der Waals surface area contributed by atoms with Crippen LogP contribution in [0.5, 0.6) is 11.5 Å². The molecule has 1 aliphatic heterocycles. The molecule has 1 fully saturated rings. The van der Waals surface area contributed by atoms with Gasteiger partial charge in [0, 0.05) is 19.2 Å². The fourth-order valence-corrected chi connectivity index (χ4v) is 2.92. The molecule has 0 atom stereocenters. The number of piperidine rings is 1. The SMILES string of the molecule is CC(C)(C)OC(=O)N1CCC(OCCOCCOCCOc2cccc(O)c2)CC1. The number of hydrogen-bond donors (Lipinski definition) is 1. The van der Waals surface area contributed by atoms with E-state index in [0.29, 0.717) is 58.5 Å². The number of rotatable bonds is 11. The lowest BCUT2D eigenvalue weighted by atomic mass is 10.1. The van der Waals surface area contributed by atoms with Crippen LogP contribution >= 0.6 is 0 Å². The monoisotopic (exact) mass is 425 g/mol. The number of phenols is 1. The van der Waals surface area contributed by atoms with Crippen molar-refractivity contribution in [2.45, 2.75) is 45.3 Å². The van der Waals surface area contributed by atoms with Crippen molar-refractivity contribution >= 4 is 6.09 Å². The quantitative estimate of drug-likeness (QED) is 0.545. The average Bonchev–Trinajstić information content (AvgIpc) is 2.68. The lowest BCUT2D eigenvalue weighted by molar-refractivity contribution is -0.0364. The zero-order valence-corrected chi connectivity index (χ0v) is 18.3. The second kappa shape index (κ2) is 12.6.